The lowest BCUT2D eigenvalue weighted by Gasteiger charge is -2.00. The third-order valence-electron chi connectivity index (χ3n) is 1.90. The fraction of sp³-hybridized carbons (Fsp3) is 0.100. The molecular formula is C10H6FNOS. The van der Waals surface area contributed by atoms with Crippen molar-refractivity contribution in [2.24, 2.45) is 0 Å². The van der Waals surface area contributed by atoms with E-state index in [0.717, 1.165) is 10.1 Å². The van der Waals surface area contributed by atoms with Crippen molar-refractivity contribution >= 4 is 21.4 Å². The van der Waals surface area contributed by atoms with Crippen LogP contribution in [0.4, 0.5) is 4.39 Å². The standard InChI is InChI=1S/C10H6FNOS/c1-13-9-4-10-6(3-8(9)11)2-7(5-12)14-10/h2-4H,1H3. The maximum atomic E-state index is 13.2. The van der Waals surface area contributed by atoms with Gasteiger partial charge in [-0.25, -0.2) is 4.39 Å². The molecule has 0 aliphatic carbocycles. The fourth-order valence-electron chi connectivity index (χ4n) is 1.25. The van der Waals surface area contributed by atoms with Crippen LogP contribution in [0.15, 0.2) is 18.2 Å². The Balaban J connectivity index is 2.71. The SMILES string of the molecule is COc1cc2sc(C#N)cc2cc1F. The van der Waals surface area contributed by atoms with Crippen LogP contribution in [0.2, 0.25) is 0 Å². The van der Waals surface area contributed by atoms with Crippen LogP contribution in [-0.4, -0.2) is 7.11 Å². The van der Waals surface area contributed by atoms with Gasteiger partial charge in [0.25, 0.3) is 0 Å². The van der Waals surface area contributed by atoms with Crippen molar-refractivity contribution in [3.05, 3.63) is 28.9 Å². The van der Waals surface area contributed by atoms with Crippen molar-refractivity contribution in [2.75, 3.05) is 7.11 Å². The van der Waals surface area contributed by atoms with Crippen molar-refractivity contribution in [1.29, 1.82) is 5.26 Å². The van der Waals surface area contributed by atoms with Gasteiger partial charge in [-0.3, -0.25) is 0 Å². The second kappa shape index (κ2) is 3.28. The first-order valence-electron chi connectivity index (χ1n) is 3.92. The number of hydrogen-bond donors (Lipinski definition) is 0. The Morgan fingerprint density at radius 1 is 1.43 bits per heavy atom. The zero-order chi connectivity index (χ0) is 10.1. The number of benzene rings is 1. The molecule has 0 atom stereocenters. The smallest absolute Gasteiger partial charge is 0.165 e. The summed E-state index contributed by atoms with van der Waals surface area (Å²) in [5.41, 5.74) is 0. The topological polar surface area (TPSA) is 33.0 Å². The summed E-state index contributed by atoms with van der Waals surface area (Å²) >= 11 is 1.33. The number of ether oxygens (including phenoxy) is 1. The predicted octanol–water partition coefficient (Wildman–Crippen LogP) is 2.92. The molecule has 4 heteroatoms. The summed E-state index contributed by atoms with van der Waals surface area (Å²) in [5, 5.41) is 9.41. The Labute approximate surface area is 84.2 Å². The van der Waals surface area contributed by atoms with Crippen LogP contribution >= 0.6 is 11.3 Å². The summed E-state index contributed by atoms with van der Waals surface area (Å²) in [6.07, 6.45) is 0. The molecule has 0 saturated heterocycles. The van der Waals surface area contributed by atoms with Gasteiger partial charge in [0.15, 0.2) is 11.6 Å². The van der Waals surface area contributed by atoms with Crippen LogP contribution in [0.1, 0.15) is 4.88 Å². The molecule has 0 radical (unpaired) electrons. The van der Waals surface area contributed by atoms with Gasteiger partial charge in [0.1, 0.15) is 10.9 Å². The van der Waals surface area contributed by atoms with E-state index in [0.29, 0.717) is 4.88 Å². The first-order valence-corrected chi connectivity index (χ1v) is 4.73. The van der Waals surface area contributed by atoms with Gasteiger partial charge in [0.05, 0.1) is 7.11 Å². The van der Waals surface area contributed by atoms with Crippen molar-refractivity contribution in [3.8, 4) is 11.8 Å². The molecule has 2 rings (SSSR count). The molecule has 0 bridgehead atoms. The second-order valence-electron chi connectivity index (χ2n) is 2.75. The van der Waals surface area contributed by atoms with Gasteiger partial charge in [-0.2, -0.15) is 5.26 Å². The Bertz CT molecular complexity index is 527. The lowest BCUT2D eigenvalue weighted by Crippen LogP contribution is -1.86. The average molecular weight is 207 g/mol. The molecule has 14 heavy (non-hydrogen) atoms. The molecule has 2 nitrogen and oxygen atoms in total. The Kier molecular flexibility index (Phi) is 2.10. The van der Waals surface area contributed by atoms with Gasteiger partial charge in [0.2, 0.25) is 0 Å². The Morgan fingerprint density at radius 3 is 2.86 bits per heavy atom. The third-order valence-corrected chi connectivity index (χ3v) is 2.90. The summed E-state index contributed by atoms with van der Waals surface area (Å²) in [5.74, 6) is -0.189. The van der Waals surface area contributed by atoms with Gasteiger partial charge >= 0.3 is 0 Å². The number of nitrogens with zero attached hydrogens (tertiary/aromatic N) is 1. The zero-order valence-corrected chi connectivity index (χ0v) is 8.19. The maximum Gasteiger partial charge on any atom is 0.165 e. The predicted molar refractivity (Wildman–Crippen MR) is 53.1 cm³/mol. The quantitative estimate of drug-likeness (QED) is 0.720. The van der Waals surface area contributed by atoms with E-state index >= 15 is 0 Å². The molecule has 0 unspecified atom stereocenters. The first kappa shape index (κ1) is 8.97. The highest BCUT2D eigenvalue weighted by Crippen LogP contribution is 2.30. The number of halogens is 1. The highest BCUT2D eigenvalue weighted by Gasteiger charge is 2.07. The fourth-order valence-corrected chi connectivity index (χ4v) is 2.12. The Morgan fingerprint density at radius 2 is 2.21 bits per heavy atom. The number of rotatable bonds is 1. The van der Waals surface area contributed by atoms with Crippen LogP contribution < -0.4 is 4.74 Å². The lowest BCUT2D eigenvalue weighted by molar-refractivity contribution is 0.387. The second-order valence-corrected chi connectivity index (χ2v) is 3.83. The summed E-state index contributed by atoms with van der Waals surface area (Å²) in [4.78, 5) is 0.577. The minimum Gasteiger partial charge on any atom is -0.494 e. The molecular weight excluding hydrogens is 201 g/mol. The molecule has 1 aromatic carbocycles. The van der Waals surface area contributed by atoms with E-state index in [2.05, 4.69) is 0 Å². The van der Waals surface area contributed by atoms with Crippen molar-refractivity contribution in [3.63, 3.8) is 0 Å². The van der Waals surface area contributed by atoms with Crippen molar-refractivity contribution in [2.45, 2.75) is 0 Å². The van der Waals surface area contributed by atoms with E-state index < -0.39 is 5.82 Å². The molecule has 1 heterocycles. The zero-order valence-electron chi connectivity index (χ0n) is 7.37. The first-order chi connectivity index (χ1) is 6.74. The minimum atomic E-state index is -0.401. The van der Waals surface area contributed by atoms with Gasteiger partial charge in [-0.1, -0.05) is 0 Å². The van der Waals surface area contributed by atoms with E-state index in [-0.39, 0.29) is 5.75 Å². The largest absolute Gasteiger partial charge is 0.494 e. The van der Waals surface area contributed by atoms with Crippen LogP contribution in [0, 0.1) is 17.1 Å². The van der Waals surface area contributed by atoms with Crippen molar-refractivity contribution < 1.29 is 9.13 Å². The third kappa shape index (κ3) is 1.32. The van der Waals surface area contributed by atoms with Gasteiger partial charge in [-0.15, -0.1) is 11.3 Å². The van der Waals surface area contributed by atoms with Gasteiger partial charge in [0, 0.05) is 10.8 Å². The van der Waals surface area contributed by atoms with Crippen LogP contribution in [0.5, 0.6) is 5.75 Å². The maximum absolute atomic E-state index is 13.2. The molecule has 0 saturated carbocycles. The average Bonchev–Trinajstić information content (AvgIpc) is 2.58. The summed E-state index contributed by atoms with van der Waals surface area (Å²) in [7, 11) is 1.42. The number of fused-ring (bicyclic) bond motifs is 1. The molecule has 0 aliphatic rings. The summed E-state index contributed by atoms with van der Waals surface area (Å²) in [6, 6.07) is 6.69. The normalized spacial score (nSPS) is 10.1. The van der Waals surface area contributed by atoms with Crippen LogP contribution in [0.3, 0.4) is 0 Å². The van der Waals surface area contributed by atoms with E-state index in [1.54, 1.807) is 12.1 Å². The van der Waals surface area contributed by atoms with E-state index in [9.17, 15) is 4.39 Å². The minimum absolute atomic E-state index is 0.212. The van der Waals surface area contributed by atoms with E-state index in [1.165, 1.54) is 24.5 Å². The molecule has 70 valence electrons. The van der Waals surface area contributed by atoms with Crippen LogP contribution in [0.25, 0.3) is 10.1 Å². The number of thiophene rings is 1. The highest BCUT2D eigenvalue weighted by atomic mass is 32.1. The molecule has 0 aliphatic heterocycles. The van der Waals surface area contributed by atoms with Crippen molar-refractivity contribution in [1.82, 2.24) is 0 Å². The molecule has 0 fully saturated rings. The molecule has 2 aromatic rings. The van der Waals surface area contributed by atoms with Crippen LogP contribution in [-0.2, 0) is 0 Å². The van der Waals surface area contributed by atoms with E-state index in [1.807, 2.05) is 6.07 Å². The summed E-state index contributed by atoms with van der Waals surface area (Å²) in [6.45, 7) is 0. The molecule has 1 aromatic heterocycles. The number of nitriles is 1. The molecule has 0 spiro atoms. The molecule has 0 amide bonds. The molecule has 0 N–H and O–H groups in total. The lowest BCUT2D eigenvalue weighted by atomic mass is 10.2. The highest BCUT2D eigenvalue weighted by molar-refractivity contribution is 7.19. The summed E-state index contributed by atoms with van der Waals surface area (Å²) < 4.78 is 18.9. The number of hydrogen-bond acceptors (Lipinski definition) is 3. The van der Waals surface area contributed by atoms with Gasteiger partial charge in [-0.05, 0) is 17.5 Å². The number of methoxy groups -OCH3 is 1. The van der Waals surface area contributed by atoms with Gasteiger partial charge < -0.3 is 4.74 Å². The van der Waals surface area contributed by atoms with E-state index in [4.69, 9.17) is 10.00 Å². The monoisotopic (exact) mass is 207 g/mol. The Hall–Kier alpha value is -1.60.